The lowest BCUT2D eigenvalue weighted by molar-refractivity contribution is 0.0746. The summed E-state index contributed by atoms with van der Waals surface area (Å²) in [4.78, 5) is 18.9. The van der Waals surface area contributed by atoms with E-state index in [0.29, 0.717) is 37.8 Å². The van der Waals surface area contributed by atoms with Gasteiger partial charge in [-0.15, -0.1) is 10.2 Å². The van der Waals surface area contributed by atoms with E-state index in [2.05, 4.69) is 26.9 Å². The summed E-state index contributed by atoms with van der Waals surface area (Å²) in [7, 11) is 1.40. The Labute approximate surface area is 176 Å². The van der Waals surface area contributed by atoms with E-state index in [1.54, 1.807) is 11.0 Å². The van der Waals surface area contributed by atoms with Gasteiger partial charge in [0, 0.05) is 44.3 Å². The zero-order chi connectivity index (χ0) is 21.1. The topological polar surface area (TPSA) is 61.8 Å². The first-order valence-corrected chi connectivity index (χ1v) is 10.5. The van der Waals surface area contributed by atoms with Gasteiger partial charge in [0.15, 0.2) is 23.2 Å². The molecule has 0 saturated carbocycles. The number of anilines is 2. The number of nitrogens with zero attached hydrogens (tertiary/aromatic N) is 5. The molecule has 8 heteroatoms. The van der Waals surface area contributed by atoms with Crippen molar-refractivity contribution in [1.29, 1.82) is 0 Å². The zero-order valence-corrected chi connectivity index (χ0v) is 17.6. The zero-order valence-electron chi connectivity index (χ0n) is 17.6. The number of amides is 1. The second-order valence-corrected chi connectivity index (χ2v) is 7.92. The number of piperazine rings is 1. The third-order valence-electron chi connectivity index (χ3n) is 6.02. The average molecular weight is 413 g/mol. The van der Waals surface area contributed by atoms with Crippen LogP contribution in [0.4, 0.5) is 16.0 Å². The molecule has 2 aliphatic heterocycles. The van der Waals surface area contributed by atoms with Crippen LogP contribution >= 0.6 is 0 Å². The predicted octanol–water partition coefficient (Wildman–Crippen LogP) is 2.97. The van der Waals surface area contributed by atoms with E-state index in [-0.39, 0.29) is 11.7 Å². The molecule has 30 heavy (non-hydrogen) atoms. The van der Waals surface area contributed by atoms with Gasteiger partial charge in [0.05, 0.1) is 7.11 Å². The minimum atomic E-state index is -0.527. The first kappa shape index (κ1) is 20.4. The van der Waals surface area contributed by atoms with Gasteiger partial charge in [0.1, 0.15) is 0 Å². The Bertz CT molecular complexity index is 884. The van der Waals surface area contributed by atoms with E-state index < -0.39 is 5.82 Å². The molecule has 3 heterocycles. The highest BCUT2D eigenvalue weighted by Gasteiger charge is 2.25. The van der Waals surface area contributed by atoms with Gasteiger partial charge < -0.3 is 19.4 Å². The third-order valence-corrected chi connectivity index (χ3v) is 6.02. The van der Waals surface area contributed by atoms with E-state index in [1.807, 2.05) is 12.1 Å². The normalized spacial score (nSPS) is 19.7. The number of rotatable bonds is 4. The quantitative estimate of drug-likeness (QED) is 0.768. The van der Waals surface area contributed by atoms with Crippen molar-refractivity contribution >= 4 is 17.5 Å². The molecule has 1 aromatic carbocycles. The van der Waals surface area contributed by atoms with Gasteiger partial charge >= 0.3 is 0 Å². The molecule has 2 aliphatic rings. The summed E-state index contributed by atoms with van der Waals surface area (Å²) in [5.74, 6) is 1.20. The molecule has 0 N–H and O–H groups in total. The number of benzene rings is 1. The Morgan fingerprint density at radius 2 is 1.77 bits per heavy atom. The van der Waals surface area contributed by atoms with Crippen molar-refractivity contribution in [1.82, 2.24) is 15.1 Å². The Morgan fingerprint density at radius 3 is 2.40 bits per heavy atom. The second kappa shape index (κ2) is 8.85. The van der Waals surface area contributed by atoms with Crippen molar-refractivity contribution in [2.75, 3.05) is 49.6 Å². The molecule has 1 unspecified atom stereocenters. The molecule has 0 bridgehead atoms. The molecule has 0 spiro atoms. The predicted molar refractivity (Wildman–Crippen MR) is 114 cm³/mol. The van der Waals surface area contributed by atoms with E-state index >= 15 is 0 Å². The Hall–Kier alpha value is -2.90. The monoisotopic (exact) mass is 413 g/mol. The summed E-state index contributed by atoms with van der Waals surface area (Å²) >= 11 is 0. The van der Waals surface area contributed by atoms with Gasteiger partial charge in [-0.25, -0.2) is 4.39 Å². The fraction of sp³-hybridized carbons (Fsp3) is 0.500. The molecular formula is C22H28FN5O2. The maximum absolute atomic E-state index is 13.9. The summed E-state index contributed by atoms with van der Waals surface area (Å²) < 4.78 is 18.8. The molecule has 160 valence electrons. The lowest BCUT2D eigenvalue weighted by atomic mass is 10.0. The minimum Gasteiger partial charge on any atom is -0.494 e. The molecule has 2 saturated heterocycles. The van der Waals surface area contributed by atoms with Crippen molar-refractivity contribution in [3.8, 4) is 5.75 Å². The lowest BCUT2D eigenvalue weighted by Gasteiger charge is -2.36. The smallest absolute Gasteiger partial charge is 0.254 e. The molecule has 2 fully saturated rings. The maximum Gasteiger partial charge on any atom is 0.254 e. The molecule has 0 aliphatic carbocycles. The van der Waals surface area contributed by atoms with Crippen LogP contribution in [-0.4, -0.2) is 66.9 Å². The van der Waals surface area contributed by atoms with Gasteiger partial charge in [0.25, 0.3) is 5.91 Å². The van der Waals surface area contributed by atoms with E-state index in [1.165, 1.54) is 38.5 Å². The number of halogens is 1. The number of hydrogen-bond donors (Lipinski definition) is 0. The summed E-state index contributed by atoms with van der Waals surface area (Å²) in [6.45, 7) is 5.71. The molecule has 1 aromatic heterocycles. The van der Waals surface area contributed by atoms with Gasteiger partial charge in [-0.05, 0) is 56.5 Å². The summed E-state index contributed by atoms with van der Waals surface area (Å²) in [5, 5.41) is 8.89. The number of hydrogen-bond acceptors (Lipinski definition) is 6. The highest BCUT2D eigenvalue weighted by Crippen LogP contribution is 2.24. The summed E-state index contributed by atoms with van der Waals surface area (Å²) in [6.07, 6.45) is 3.66. The van der Waals surface area contributed by atoms with Crippen molar-refractivity contribution in [2.45, 2.75) is 32.2 Å². The first-order chi connectivity index (χ1) is 14.6. The van der Waals surface area contributed by atoms with Crippen molar-refractivity contribution < 1.29 is 13.9 Å². The second-order valence-electron chi connectivity index (χ2n) is 7.92. The minimum absolute atomic E-state index is 0.136. The van der Waals surface area contributed by atoms with E-state index in [9.17, 15) is 9.18 Å². The Morgan fingerprint density at radius 1 is 1.03 bits per heavy atom. The highest BCUT2D eigenvalue weighted by molar-refractivity contribution is 5.94. The largest absolute Gasteiger partial charge is 0.494 e. The van der Waals surface area contributed by atoms with Crippen LogP contribution in [0.5, 0.6) is 5.75 Å². The molecule has 4 rings (SSSR count). The molecule has 1 atom stereocenters. The first-order valence-electron chi connectivity index (χ1n) is 10.5. The van der Waals surface area contributed by atoms with Crippen LogP contribution in [0, 0.1) is 5.82 Å². The highest BCUT2D eigenvalue weighted by atomic mass is 19.1. The van der Waals surface area contributed by atoms with Crippen LogP contribution in [-0.2, 0) is 0 Å². The van der Waals surface area contributed by atoms with Crippen molar-refractivity contribution in [3.05, 3.63) is 41.7 Å². The van der Waals surface area contributed by atoms with Crippen molar-refractivity contribution in [3.63, 3.8) is 0 Å². The van der Waals surface area contributed by atoms with E-state index in [4.69, 9.17) is 4.74 Å². The van der Waals surface area contributed by atoms with Crippen molar-refractivity contribution in [2.24, 2.45) is 0 Å². The van der Waals surface area contributed by atoms with Crippen LogP contribution in [0.1, 0.15) is 36.5 Å². The summed E-state index contributed by atoms with van der Waals surface area (Å²) in [5.41, 5.74) is 0.335. The number of carbonyl (C=O) groups excluding carboxylic acids is 1. The third kappa shape index (κ3) is 4.17. The number of ether oxygens (including phenoxy) is 1. The van der Waals surface area contributed by atoms with Crippen LogP contribution < -0.4 is 14.5 Å². The average Bonchev–Trinajstić information content (AvgIpc) is 2.79. The van der Waals surface area contributed by atoms with Crippen LogP contribution in [0.15, 0.2) is 30.3 Å². The fourth-order valence-electron chi connectivity index (χ4n) is 4.20. The molecular weight excluding hydrogens is 385 g/mol. The van der Waals surface area contributed by atoms with Crippen LogP contribution in [0.25, 0.3) is 0 Å². The molecule has 1 amide bonds. The SMILES string of the molecule is COc1ccc(C(=O)N2CCN(c3ccc(N4CCCCC4C)nn3)CC2)cc1F. The van der Waals surface area contributed by atoms with Gasteiger partial charge in [-0.1, -0.05) is 0 Å². The standard InChI is InChI=1S/C22H28FN5O2/c1-16-5-3-4-10-28(16)21-9-8-20(24-25-21)26-11-13-27(14-12-26)22(29)17-6-7-19(30-2)18(23)15-17/h6-9,15-16H,3-5,10-14H2,1-2H3. The number of aromatic nitrogens is 2. The fourth-order valence-corrected chi connectivity index (χ4v) is 4.20. The van der Waals surface area contributed by atoms with Crippen LogP contribution in [0.2, 0.25) is 0 Å². The van der Waals surface area contributed by atoms with E-state index in [0.717, 1.165) is 18.2 Å². The molecule has 7 nitrogen and oxygen atoms in total. The van der Waals surface area contributed by atoms with Gasteiger partial charge in [0.2, 0.25) is 0 Å². The number of methoxy groups -OCH3 is 1. The number of piperidine rings is 1. The lowest BCUT2D eigenvalue weighted by Crippen LogP contribution is -2.49. The molecule has 0 radical (unpaired) electrons. The van der Waals surface area contributed by atoms with Gasteiger partial charge in [-0.3, -0.25) is 4.79 Å². The Balaban J connectivity index is 1.36. The maximum atomic E-state index is 13.9. The molecule has 2 aromatic rings. The van der Waals surface area contributed by atoms with Gasteiger partial charge in [-0.2, -0.15) is 0 Å². The number of carbonyl (C=O) groups is 1. The summed E-state index contributed by atoms with van der Waals surface area (Å²) in [6, 6.07) is 8.87. The van der Waals surface area contributed by atoms with Crippen LogP contribution in [0.3, 0.4) is 0 Å². The Kier molecular flexibility index (Phi) is 6.01.